The minimum absolute atomic E-state index is 0.0238. The molecule has 1 aliphatic heterocycles. The molecule has 0 unspecified atom stereocenters. The fourth-order valence-electron chi connectivity index (χ4n) is 2.39. The third-order valence-corrected chi connectivity index (χ3v) is 3.65. The first-order valence-electron chi connectivity index (χ1n) is 7.24. The number of benzene rings is 2. The number of hydrazone groups is 1. The molecule has 1 heterocycles. The van der Waals surface area contributed by atoms with Crippen LogP contribution in [0.15, 0.2) is 53.1 Å². The molecular weight excluding hydrogens is 311 g/mol. The van der Waals surface area contributed by atoms with E-state index in [1.54, 1.807) is 25.1 Å². The predicted molar refractivity (Wildman–Crippen MR) is 89.6 cm³/mol. The number of phenols is 1. The monoisotopic (exact) mass is 326 g/mol. The van der Waals surface area contributed by atoms with E-state index in [9.17, 15) is 14.3 Å². The van der Waals surface area contributed by atoms with Gasteiger partial charge in [0, 0.05) is 0 Å². The molecule has 1 N–H and O–H groups in total. The molecule has 24 heavy (non-hydrogen) atoms. The Morgan fingerprint density at radius 2 is 1.92 bits per heavy atom. The van der Waals surface area contributed by atoms with Gasteiger partial charge < -0.3 is 9.84 Å². The Kier molecular flexibility index (Phi) is 4.04. The first-order valence-corrected chi connectivity index (χ1v) is 7.24. The molecule has 0 saturated carbocycles. The Morgan fingerprint density at radius 3 is 2.58 bits per heavy atom. The van der Waals surface area contributed by atoms with Crippen LogP contribution < -0.4 is 9.75 Å². The molecule has 0 radical (unpaired) electrons. The van der Waals surface area contributed by atoms with E-state index < -0.39 is 0 Å². The standard InChI is InChI=1S/C18H15FN2O3/c1-11-15(9-12-3-8-16(22)17(10-12)24-2)18(23)21(20-11)14-6-4-13(19)5-7-14/h3-10,22H,1-2H3/b15-9+. The van der Waals surface area contributed by atoms with Gasteiger partial charge in [-0.3, -0.25) is 4.79 Å². The molecule has 0 aromatic heterocycles. The fourth-order valence-corrected chi connectivity index (χ4v) is 2.39. The lowest BCUT2D eigenvalue weighted by molar-refractivity contribution is -0.114. The number of carbonyl (C=O) groups excluding carboxylic acids is 1. The smallest absolute Gasteiger partial charge is 0.280 e. The number of amides is 1. The molecule has 5 nitrogen and oxygen atoms in total. The zero-order chi connectivity index (χ0) is 17.3. The Hall–Kier alpha value is -3.15. The number of anilines is 1. The van der Waals surface area contributed by atoms with Crippen LogP contribution in [0.4, 0.5) is 10.1 Å². The normalized spacial score (nSPS) is 15.8. The number of aromatic hydroxyl groups is 1. The van der Waals surface area contributed by atoms with E-state index in [1.165, 1.54) is 42.5 Å². The maximum Gasteiger partial charge on any atom is 0.280 e. The van der Waals surface area contributed by atoms with Gasteiger partial charge in [-0.2, -0.15) is 10.1 Å². The van der Waals surface area contributed by atoms with Crippen molar-refractivity contribution in [1.29, 1.82) is 0 Å². The molecule has 3 rings (SSSR count). The van der Waals surface area contributed by atoms with E-state index in [0.29, 0.717) is 28.3 Å². The van der Waals surface area contributed by atoms with Crippen LogP contribution in [0.5, 0.6) is 11.5 Å². The van der Waals surface area contributed by atoms with Crippen LogP contribution >= 0.6 is 0 Å². The van der Waals surface area contributed by atoms with Gasteiger partial charge >= 0.3 is 0 Å². The molecule has 0 aliphatic carbocycles. The molecule has 2 aromatic rings. The van der Waals surface area contributed by atoms with Crippen LogP contribution in [-0.2, 0) is 4.79 Å². The summed E-state index contributed by atoms with van der Waals surface area (Å²) in [5.74, 6) is -0.334. The minimum Gasteiger partial charge on any atom is -0.504 e. The average Bonchev–Trinajstić information content (AvgIpc) is 2.85. The third kappa shape index (κ3) is 2.86. The summed E-state index contributed by atoms with van der Waals surface area (Å²) >= 11 is 0. The largest absolute Gasteiger partial charge is 0.504 e. The average molecular weight is 326 g/mol. The molecule has 0 atom stereocenters. The first-order chi connectivity index (χ1) is 11.5. The van der Waals surface area contributed by atoms with Gasteiger partial charge in [0.2, 0.25) is 0 Å². The van der Waals surface area contributed by atoms with Crippen molar-refractivity contribution in [2.75, 3.05) is 12.1 Å². The number of hydrogen-bond acceptors (Lipinski definition) is 4. The summed E-state index contributed by atoms with van der Waals surface area (Å²) in [5, 5.41) is 15.1. The lowest BCUT2D eigenvalue weighted by atomic mass is 10.1. The van der Waals surface area contributed by atoms with Crippen molar-refractivity contribution in [2.24, 2.45) is 5.10 Å². The lowest BCUT2D eigenvalue weighted by Gasteiger charge is -2.11. The summed E-state index contributed by atoms with van der Waals surface area (Å²) in [4.78, 5) is 12.6. The van der Waals surface area contributed by atoms with Crippen LogP contribution in [0.25, 0.3) is 6.08 Å². The molecule has 0 spiro atoms. The van der Waals surface area contributed by atoms with E-state index in [2.05, 4.69) is 5.10 Å². The summed E-state index contributed by atoms with van der Waals surface area (Å²) in [6.45, 7) is 1.73. The van der Waals surface area contributed by atoms with Crippen molar-refractivity contribution < 1.29 is 19.0 Å². The second-order valence-electron chi connectivity index (χ2n) is 5.27. The van der Waals surface area contributed by atoms with E-state index >= 15 is 0 Å². The second kappa shape index (κ2) is 6.16. The zero-order valence-electron chi connectivity index (χ0n) is 13.2. The maximum atomic E-state index is 13.0. The predicted octanol–water partition coefficient (Wildman–Crippen LogP) is 3.35. The van der Waals surface area contributed by atoms with E-state index in [-0.39, 0.29) is 17.5 Å². The van der Waals surface area contributed by atoms with Gasteiger partial charge in [-0.05, 0) is 55.0 Å². The number of hydrogen-bond donors (Lipinski definition) is 1. The molecule has 0 fully saturated rings. The lowest BCUT2D eigenvalue weighted by Crippen LogP contribution is -2.21. The SMILES string of the molecule is COc1cc(/C=C2/C(=O)N(c3ccc(F)cc3)N=C2C)ccc1O. The quantitative estimate of drug-likeness (QED) is 0.880. The Labute approximate surface area is 138 Å². The fraction of sp³-hybridized carbons (Fsp3) is 0.111. The molecule has 6 heteroatoms. The Morgan fingerprint density at radius 1 is 1.21 bits per heavy atom. The van der Waals surface area contributed by atoms with Crippen molar-refractivity contribution in [3.63, 3.8) is 0 Å². The summed E-state index contributed by atoms with van der Waals surface area (Å²) in [5.41, 5.74) is 2.17. The molecule has 0 saturated heterocycles. The number of rotatable bonds is 3. The maximum absolute atomic E-state index is 13.0. The van der Waals surface area contributed by atoms with Gasteiger partial charge in [-0.15, -0.1) is 0 Å². The summed E-state index contributed by atoms with van der Waals surface area (Å²) in [6, 6.07) is 10.3. The Balaban J connectivity index is 1.94. The van der Waals surface area contributed by atoms with E-state index in [0.717, 1.165) is 0 Å². The van der Waals surface area contributed by atoms with Gasteiger partial charge in [0.15, 0.2) is 11.5 Å². The van der Waals surface area contributed by atoms with Crippen LogP contribution in [-0.4, -0.2) is 23.8 Å². The molecule has 1 amide bonds. The number of methoxy groups -OCH3 is 1. The number of halogens is 1. The van der Waals surface area contributed by atoms with Crippen LogP contribution in [0, 0.1) is 5.82 Å². The van der Waals surface area contributed by atoms with E-state index in [4.69, 9.17) is 4.74 Å². The molecule has 1 aliphatic rings. The highest BCUT2D eigenvalue weighted by molar-refractivity contribution is 6.32. The van der Waals surface area contributed by atoms with Gasteiger partial charge in [-0.25, -0.2) is 4.39 Å². The van der Waals surface area contributed by atoms with Crippen LogP contribution in [0.2, 0.25) is 0 Å². The minimum atomic E-state index is -0.377. The van der Waals surface area contributed by atoms with Crippen molar-refractivity contribution in [3.05, 3.63) is 59.4 Å². The van der Waals surface area contributed by atoms with Crippen LogP contribution in [0.3, 0.4) is 0 Å². The van der Waals surface area contributed by atoms with Gasteiger partial charge in [-0.1, -0.05) is 6.07 Å². The molecule has 0 bridgehead atoms. The third-order valence-electron chi connectivity index (χ3n) is 3.65. The van der Waals surface area contributed by atoms with Gasteiger partial charge in [0.1, 0.15) is 5.82 Å². The number of carbonyl (C=O) groups is 1. The zero-order valence-corrected chi connectivity index (χ0v) is 13.2. The summed E-state index contributed by atoms with van der Waals surface area (Å²) in [6.07, 6.45) is 1.67. The highest BCUT2D eigenvalue weighted by atomic mass is 19.1. The number of nitrogens with zero attached hydrogens (tertiary/aromatic N) is 2. The first kappa shape index (κ1) is 15.7. The summed E-state index contributed by atoms with van der Waals surface area (Å²) in [7, 11) is 1.45. The van der Waals surface area contributed by atoms with Crippen molar-refractivity contribution >= 4 is 23.4 Å². The second-order valence-corrected chi connectivity index (χ2v) is 5.27. The van der Waals surface area contributed by atoms with Crippen molar-refractivity contribution in [2.45, 2.75) is 6.92 Å². The van der Waals surface area contributed by atoms with Crippen LogP contribution in [0.1, 0.15) is 12.5 Å². The highest BCUT2D eigenvalue weighted by Crippen LogP contribution is 2.29. The number of phenolic OH excluding ortho intramolecular Hbond substituents is 1. The molecular formula is C18H15FN2O3. The van der Waals surface area contributed by atoms with E-state index in [1.807, 2.05) is 0 Å². The van der Waals surface area contributed by atoms with Gasteiger partial charge in [0.25, 0.3) is 5.91 Å². The Bertz CT molecular complexity index is 857. The number of ether oxygens (including phenoxy) is 1. The van der Waals surface area contributed by atoms with Crippen molar-refractivity contribution in [1.82, 2.24) is 0 Å². The molecule has 2 aromatic carbocycles. The topological polar surface area (TPSA) is 62.1 Å². The highest BCUT2D eigenvalue weighted by Gasteiger charge is 2.28. The van der Waals surface area contributed by atoms with Crippen molar-refractivity contribution in [3.8, 4) is 11.5 Å². The summed E-state index contributed by atoms with van der Waals surface area (Å²) < 4.78 is 18.1. The van der Waals surface area contributed by atoms with Gasteiger partial charge in [0.05, 0.1) is 24.1 Å². The molecule has 122 valence electrons.